The van der Waals surface area contributed by atoms with Gasteiger partial charge in [-0.15, -0.1) is 4.40 Å². The number of hydrogen-bond donors (Lipinski definition) is 1. The molecule has 1 N–H and O–H groups in total. The van der Waals surface area contributed by atoms with Gasteiger partial charge in [0.1, 0.15) is 16.5 Å². The van der Waals surface area contributed by atoms with E-state index in [2.05, 4.69) is 9.71 Å². The highest BCUT2D eigenvalue weighted by Crippen LogP contribution is 2.27. The van der Waals surface area contributed by atoms with E-state index in [9.17, 15) is 12.8 Å². The zero-order valence-corrected chi connectivity index (χ0v) is 8.10. The van der Waals surface area contributed by atoms with Crippen LogP contribution >= 0.6 is 0 Å². The third kappa shape index (κ3) is 1.37. The smallest absolute Gasteiger partial charge is 0.286 e. The Kier molecular flexibility index (Phi) is 1.81. The maximum atomic E-state index is 12.8. The van der Waals surface area contributed by atoms with E-state index in [-0.39, 0.29) is 10.7 Å². The lowest BCUT2D eigenvalue weighted by molar-refractivity contribution is 0.592. The van der Waals surface area contributed by atoms with Crippen LogP contribution in [0.3, 0.4) is 0 Å². The summed E-state index contributed by atoms with van der Waals surface area (Å²) in [6.45, 7) is 1.53. The topological polar surface area (TPSA) is 58.5 Å². The zero-order valence-electron chi connectivity index (χ0n) is 7.28. The molecule has 0 amide bonds. The predicted molar refractivity (Wildman–Crippen MR) is 50.3 cm³/mol. The van der Waals surface area contributed by atoms with E-state index in [0.29, 0.717) is 5.69 Å². The van der Waals surface area contributed by atoms with Crippen LogP contribution in [0, 0.1) is 5.82 Å². The number of anilines is 1. The molecule has 0 saturated heterocycles. The molecule has 1 aromatic carbocycles. The number of sulfonamides is 1. The van der Waals surface area contributed by atoms with Crippen molar-refractivity contribution in [1.82, 2.24) is 0 Å². The molecule has 0 bridgehead atoms. The summed E-state index contributed by atoms with van der Waals surface area (Å²) >= 11 is 0. The van der Waals surface area contributed by atoms with Crippen molar-refractivity contribution in [2.75, 3.05) is 5.32 Å². The second-order valence-electron chi connectivity index (χ2n) is 2.92. The number of amidine groups is 1. The normalized spacial score (nSPS) is 18.0. The highest BCUT2D eigenvalue weighted by molar-refractivity contribution is 7.90. The number of halogens is 1. The Morgan fingerprint density at radius 2 is 2.14 bits per heavy atom. The highest BCUT2D eigenvalue weighted by Gasteiger charge is 2.23. The Morgan fingerprint density at radius 3 is 2.86 bits per heavy atom. The van der Waals surface area contributed by atoms with Gasteiger partial charge in [0.25, 0.3) is 10.0 Å². The van der Waals surface area contributed by atoms with E-state index in [0.717, 1.165) is 6.07 Å². The van der Waals surface area contributed by atoms with Gasteiger partial charge in [-0.25, -0.2) is 4.39 Å². The molecule has 1 aromatic rings. The lowest BCUT2D eigenvalue weighted by Crippen LogP contribution is -2.18. The van der Waals surface area contributed by atoms with E-state index in [1.54, 1.807) is 0 Å². The van der Waals surface area contributed by atoms with E-state index in [1.165, 1.54) is 19.1 Å². The van der Waals surface area contributed by atoms with Crippen LogP contribution in [-0.4, -0.2) is 14.3 Å². The summed E-state index contributed by atoms with van der Waals surface area (Å²) in [5.41, 5.74) is 0.360. The molecule has 6 heteroatoms. The summed E-state index contributed by atoms with van der Waals surface area (Å²) in [6, 6.07) is 3.52. The monoisotopic (exact) mass is 214 g/mol. The summed E-state index contributed by atoms with van der Waals surface area (Å²) in [5.74, 6) is -0.312. The minimum Gasteiger partial charge on any atom is -0.342 e. The van der Waals surface area contributed by atoms with Gasteiger partial charge in [0.15, 0.2) is 0 Å². The number of rotatable bonds is 0. The lowest BCUT2D eigenvalue weighted by Gasteiger charge is -2.15. The minimum absolute atomic E-state index is 0.122. The molecule has 1 heterocycles. The molecule has 1 aliphatic rings. The Labute approximate surface area is 80.5 Å². The molecule has 0 aliphatic carbocycles. The van der Waals surface area contributed by atoms with E-state index in [1.807, 2.05) is 0 Å². The molecule has 4 nitrogen and oxygen atoms in total. The summed E-state index contributed by atoms with van der Waals surface area (Å²) < 4.78 is 39.1. The molecule has 2 rings (SSSR count). The van der Waals surface area contributed by atoms with Gasteiger partial charge in [-0.2, -0.15) is 8.42 Å². The number of hydrogen-bond acceptors (Lipinski definition) is 3. The lowest BCUT2D eigenvalue weighted by atomic mass is 10.3. The van der Waals surface area contributed by atoms with Crippen molar-refractivity contribution in [2.45, 2.75) is 11.8 Å². The third-order valence-electron chi connectivity index (χ3n) is 1.79. The summed E-state index contributed by atoms with van der Waals surface area (Å²) in [6.07, 6.45) is 0. The average Bonchev–Trinajstić information content (AvgIpc) is 2.05. The Balaban J connectivity index is 2.73. The first-order valence-corrected chi connectivity index (χ1v) is 5.31. The minimum atomic E-state index is -3.73. The van der Waals surface area contributed by atoms with Gasteiger partial charge < -0.3 is 5.32 Å². The van der Waals surface area contributed by atoms with Gasteiger partial charge in [0.05, 0.1) is 5.69 Å². The maximum absolute atomic E-state index is 12.8. The molecule has 74 valence electrons. The first-order valence-electron chi connectivity index (χ1n) is 3.87. The molecule has 14 heavy (non-hydrogen) atoms. The standard InChI is InChI=1S/C8H7FN2O2S/c1-5-10-7-3-2-6(9)4-8(7)14(12,13)11-5/h2-4H,1H3,(H,10,11). The molecular weight excluding hydrogens is 207 g/mol. The van der Waals surface area contributed by atoms with Crippen molar-refractivity contribution in [3.8, 4) is 0 Å². The van der Waals surface area contributed by atoms with E-state index >= 15 is 0 Å². The first-order chi connectivity index (χ1) is 6.49. The quantitative estimate of drug-likeness (QED) is 0.709. The Hall–Kier alpha value is -1.43. The molecule has 0 spiro atoms. The summed E-state index contributed by atoms with van der Waals surface area (Å²) in [4.78, 5) is -0.122. The van der Waals surface area contributed by atoms with Crippen LogP contribution in [-0.2, 0) is 10.0 Å². The highest BCUT2D eigenvalue weighted by atomic mass is 32.2. The average molecular weight is 214 g/mol. The van der Waals surface area contributed by atoms with Crippen molar-refractivity contribution in [3.63, 3.8) is 0 Å². The fourth-order valence-corrected chi connectivity index (χ4v) is 2.42. The van der Waals surface area contributed by atoms with Crippen LogP contribution in [0.15, 0.2) is 27.5 Å². The van der Waals surface area contributed by atoms with Crippen LogP contribution < -0.4 is 5.32 Å². The first kappa shape index (κ1) is 9.14. The molecule has 0 aromatic heterocycles. The molecule has 0 atom stereocenters. The number of nitrogens with zero attached hydrogens (tertiary/aromatic N) is 1. The Bertz CT molecular complexity index is 522. The molecule has 1 aliphatic heterocycles. The van der Waals surface area contributed by atoms with Gasteiger partial charge >= 0.3 is 0 Å². The van der Waals surface area contributed by atoms with Gasteiger partial charge in [0.2, 0.25) is 0 Å². The van der Waals surface area contributed by atoms with Crippen molar-refractivity contribution in [3.05, 3.63) is 24.0 Å². The van der Waals surface area contributed by atoms with Crippen molar-refractivity contribution in [1.29, 1.82) is 0 Å². The maximum Gasteiger partial charge on any atom is 0.286 e. The van der Waals surface area contributed by atoms with Crippen LogP contribution in [0.2, 0.25) is 0 Å². The van der Waals surface area contributed by atoms with Gasteiger partial charge in [-0.3, -0.25) is 0 Å². The SMILES string of the molecule is CC1=NS(=O)(=O)c2cc(F)ccc2N1. The van der Waals surface area contributed by atoms with Crippen molar-refractivity contribution < 1.29 is 12.8 Å². The van der Waals surface area contributed by atoms with Crippen LogP contribution in [0.5, 0.6) is 0 Å². The molecule has 0 radical (unpaired) electrons. The van der Waals surface area contributed by atoms with Crippen LogP contribution in [0.25, 0.3) is 0 Å². The van der Waals surface area contributed by atoms with E-state index < -0.39 is 15.8 Å². The molecule has 0 unspecified atom stereocenters. The van der Waals surface area contributed by atoms with Gasteiger partial charge in [-0.1, -0.05) is 0 Å². The number of benzene rings is 1. The Morgan fingerprint density at radius 1 is 1.43 bits per heavy atom. The molecular formula is C8H7FN2O2S. The van der Waals surface area contributed by atoms with Crippen molar-refractivity contribution in [2.24, 2.45) is 4.40 Å². The fourth-order valence-electron chi connectivity index (χ4n) is 1.26. The molecule has 0 saturated carbocycles. The molecule has 0 fully saturated rings. The summed E-state index contributed by atoms with van der Waals surface area (Å²) in [7, 11) is -3.73. The third-order valence-corrected chi connectivity index (χ3v) is 3.20. The van der Waals surface area contributed by atoms with Gasteiger partial charge in [0, 0.05) is 0 Å². The zero-order chi connectivity index (χ0) is 10.3. The van der Waals surface area contributed by atoms with Crippen LogP contribution in [0.1, 0.15) is 6.92 Å². The second-order valence-corrected chi connectivity index (χ2v) is 4.49. The summed E-state index contributed by atoms with van der Waals surface area (Å²) in [5, 5.41) is 2.75. The van der Waals surface area contributed by atoms with Crippen molar-refractivity contribution >= 4 is 21.5 Å². The second kappa shape index (κ2) is 2.78. The number of nitrogens with one attached hydrogen (secondary N) is 1. The van der Waals surface area contributed by atoms with E-state index in [4.69, 9.17) is 0 Å². The largest absolute Gasteiger partial charge is 0.342 e. The number of fused-ring (bicyclic) bond motifs is 1. The predicted octanol–water partition coefficient (Wildman–Crippen LogP) is 1.36. The van der Waals surface area contributed by atoms with Gasteiger partial charge in [-0.05, 0) is 25.1 Å². The van der Waals surface area contributed by atoms with Crippen LogP contribution in [0.4, 0.5) is 10.1 Å². The fraction of sp³-hybridized carbons (Fsp3) is 0.125.